The molecule has 3 rings (SSSR count). The van der Waals surface area contributed by atoms with Gasteiger partial charge in [0.15, 0.2) is 5.69 Å². The van der Waals surface area contributed by atoms with Gasteiger partial charge >= 0.3 is 0 Å². The Hall–Kier alpha value is -3.88. The van der Waals surface area contributed by atoms with E-state index in [9.17, 15) is 19.7 Å². The van der Waals surface area contributed by atoms with Crippen LogP contribution in [0.3, 0.4) is 0 Å². The molecule has 0 bridgehead atoms. The van der Waals surface area contributed by atoms with Crippen LogP contribution in [0.2, 0.25) is 0 Å². The maximum absolute atomic E-state index is 12.7. The second-order valence-corrected chi connectivity index (χ2v) is 6.64. The molecule has 0 aliphatic rings. The number of fused-ring (bicyclic) bond motifs is 1. The molecule has 1 amide bonds. The lowest BCUT2D eigenvalue weighted by Gasteiger charge is -2.10. The van der Waals surface area contributed by atoms with Crippen molar-refractivity contribution in [3.8, 4) is 0 Å². The van der Waals surface area contributed by atoms with Gasteiger partial charge in [0, 0.05) is 18.0 Å². The van der Waals surface area contributed by atoms with E-state index in [0.29, 0.717) is 17.3 Å². The fourth-order valence-corrected chi connectivity index (χ4v) is 3.04. The number of aryl methyl sites for hydroxylation is 1. The van der Waals surface area contributed by atoms with E-state index in [-0.39, 0.29) is 22.5 Å². The highest BCUT2D eigenvalue weighted by molar-refractivity contribution is 6.05. The van der Waals surface area contributed by atoms with E-state index in [1.807, 2.05) is 0 Å². The Kier molecular flexibility index (Phi) is 6.63. The molecule has 0 atom stereocenters. The van der Waals surface area contributed by atoms with E-state index in [4.69, 9.17) is 0 Å². The molecule has 30 heavy (non-hydrogen) atoms. The second-order valence-electron chi connectivity index (χ2n) is 6.64. The molecular weight excluding hydrogens is 386 g/mol. The van der Waals surface area contributed by atoms with Gasteiger partial charge in [-0.3, -0.25) is 19.7 Å². The van der Waals surface area contributed by atoms with Gasteiger partial charge in [-0.05, 0) is 18.6 Å². The molecule has 3 aromatic rings. The summed E-state index contributed by atoms with van der Waals surface area (Å²) in [5.74, 6) is -0.606. The molecule has 0 radical (unpaired) electrons. The number of hydrogen-bond donors (Lipinski definition) is 1. The normalized spacial score (nSPS) is 11.1. The second kappa shape index (κ2) is 9.55. The molecule has 0 fully saturated rings. The predicted molar refractivity (Wildman–Crippen MR) is 114 cm³/mol. The molecule has 1 aromatic heterocycles. The van der Waals surface area contributed by atoms with Crippen LogP contribution in [-0.2, 0) is 6.54 Å². The Labute approximate surface area is 172 Å². The Bertz CT molecular complexity index is 1170. The van der Waals surface area contributed by atoms with E-state index < -0.39 is 10.8 Å². The number of rotatable bonds is 8. The van der Waals surface area contributed by atoms with Gasteiger partial charge in [0.2, 0.25) is 0 Å². The quantitative estimate of drug-likeness (QED) is 0.266. The Morgan fingerprint density at radius 1 is 1.17 bits per heavy atom. The van der Waals surface area contributed by atoms with Gasteiger partial charge in [0.1, 0.15) is 0 Å². The zero-order valence-corrected chi connectivity index (χ0v) is 16.4. The van der Waals surface area contributed by atoms with Gasteiger partial charge in [0.05, 0.1) is 22.1 Å². The van der Waals surface area contributed by atoms with Crippen LogP contribution in [0.25, 0.3) is 10.8 Å². The minimum Gasteiger partial charge on any atom is -0.267 e. The summed E-state index contributed by atoms with van der Waals surface area (Å²) >= 11 is 0. The summed E-state index contributed by atoms with van der Waals surface area (Å²) < 4.78 is 1.30. The van der Waals surface area contributed by atoms with E-state index >= 15 is 0 Å². The van der Waals surface area contributed by atoms with Gasteiger partial charge < -0.3 is 0 Å². The van der Waals surface area contributed by atoms with Crippen molar-refractivity contribution in [3.63, 3.8) is 0 Å². The van der Waals surface area contributed by atoms with Crippen LogP contribution in [0.1, 0.15) is 42.2 Å². The lowest BCUT2D eigenvalue weighted by atomic mass is 10.1. The summed E-state index contributed by atoms with van der Waals surface area (Å²) in [6.45, 7) is 2.47. The molecule has 0 saturated carbocycles. The Balaban J connectivity index is 1.90. The fourth-order valence-electron chi connectivity index (χ4n) is 3.04. The number of hydrazone groups is 1. The number of carbonyl (C=O) groups excluding carboxylic acids is 1. The van der Waals surface area contributed by atoms with E-state index in [1.54, 1.807) is 36.4 Å². The maximum Gasteiger partial charge on any atom is 0.292 e. The smallest absolute Gasteiger partial charge is 0.267 e. The summed E-state index contributed by atoms with van der Waals surface area (Å²) in [5.41, 5.74) is 2.31. The molecule has 0 aliphatic carbocycles. The molecule has 0 unspecified atom stereocenters. The SMILES string of the molecule is CCCCCn1nc(C(=O)N/N=C\c2ccccc2[N+](=O)[O-])c2ccccc2c1=O. The van der Waals surface area contributed by atoms with Crippen molar-refractivity contribution >= 4 is 28.6 Å². The topological polar surface area (TPSA) is 119 Å². The highest BCUT2D eigenvalue weighted by atomic mass is 16.6. The third-order valence-electron chi connectivity index (χ3n) is 4.56. The monoisotopic (exact) mass is 407 g/mol. The zero-order valence-electron chi connectivity index (χ0n) is 16.4. The average Bonchev–Trinajstić information content (AvgIpc) is 2.75. The average molecular weight is 407 g/mol. The van der Waals surface area contributed by atoms with E-state index in [2.05, 4.69) is 22.5 Å². The number of nitrogens with one attached hydrogen (secondary N) is 1. The van der Waals surface area contributed by atoms with Crippen LogP contribution in [-0.4, -0.2) is 26.8 Å². The number of amides is 1. The van der Waals surface area contributed by atoms with Gasteiger partial charge in [-0.2, -0.15) is 10.2 Å². The van der Waals surface area contributed by atoms with Gasteiger partial charge in [-0.1, -0.05) is 50.1 Å². The largest absolute Gasteiger partial charge is 0.292 e. The molecule has 0 saturated heterocycles. The molecular formula is C21H21N5O4. The third-order valence-corrected chi connectivity index (χ3v) is 4.56. The fraction of sp³-hybridized carbons (Fsp3) is 0.238. The minimum absolute atomic E-state index is 0.0707. The Morgan fingerprint density at radius 2 is 1.87 bits per heavy atom. The summed E-state index contributed by atoms with van der Waals surface area (Å²) in [6.07, 6.45) is 3.92. The van der Waals surface area contributed by atoms with Gasteiger partial charge in [-0.25, -0.2) is 10.1 Å². The van der Waals surface area contributed by atoms with Crippen molar-refractivity contribution in [1.82, 2.24) is 15.2 Å². The van der Waals surface area contributed by atoms with Crippen molar-refractivity contribution in [2.45, 2.75) is 32.7 Å². The number of unbranched alkanes of at least 4 members (excludes halogenated alkanes) is 2. The van der Waals surface area contributed by atoms with Gasteiger partial charge in [0.25, 0.3) is 17.2 Å². The standard InChI is InChI=1S/C21H21N5O4/c1-2-3-8-13-25-21(28)17-11-6-5-10-16(17)19(24-25)20(27)23-22-14-15-9-4-7-12-18(15)26(29)30/h4-7,9-12,14H,2-3,8,13H2,1H3,(H,23,27)/b22-14-. The first kappa shape index (κ1) is 20.8. The van der Waals surface area contributed by atoms with E-state index in [0.717, 1.165) is 19.3 Å². The van der Waals surface area contributed by atoms with Crippen LogP contribution < -0.4 is 11.0 Å². The molecule has 1 N–H and O–H groups in total. The van der Waals surface area contributed by atoms with Crippen molar-refractivity contribution in [3.05, 3.63) is 80.3 Å². The molecule has 0 aliphatic heterocycles. The van der Waals surface area contributed by atoms with Crippen molar-refractivity contribution in [2.24, 2.45) is 5.10 Å². The molecule has 154 valence electrons. The lowest BCUT2D eigenvalue weighted by Crippen LogP contribution is -2.29. The minimum atomic E-state index is -0.606. The first-order chi connectivity index (χ1) is 14.5. The first-order valence-electron chi connectivity index (χ1n) is 9.59. The lowest BCUT2D eigenvalue weighted by molar-refractivity contribution is -0.385. The molecule has 0 spiro atoms. The maximum atomic E-state index is 12.7. The van der Waals surface area contributed by atoms with Crippen molar-refractivity contribution in [1.29, 1.82) is 0 Å². The summed E-state index contributed by atoms with van der Waals surface area (Å²) in [7, 11) is 0. The van der Waals surface area contributed by atoms with Crippen LogP contribution >= 0.6 is 0 Å². The van der Waals surface area contributed by atoms with E-state index in [1.165, 1.54) is 23.0 Å². The van der Waals surface area contributed by atoms with Crippen LogP contribution in [0.5, 0.6) is 0 Å². The number of carbonyl (C=O) groups is 1. The number of para-hydroxylation sites is 1. The summed E-state index contributed by atoms with van der Waals surface area (Å²) in [6, 6.07) is 12.8. The summed E-state index contributed by atoms with van der Waals surface area (Å²) in [5, 5.41) is 20.0. The number of nitrogens with zero attached hydrogens (tertiary/aromatic N) is 4. The van der Waals surface area contributed by atoms with Gasteiger partial charge in [-0.15, -0.1) is 0 Å². The van der Waals surface area contributed by atoms with Crippen LogP contribution in [0.15, 0.2) is 58.4 Å². The van der Waals surface area contributed by atoms with Crippen molar-refractivity contribution < 1.29 is 9.72 Å². The predicted octanol–water partition coefficient (Wildman–Crippen LogP) is 3.26. The number of benzene rings is 2. The molecule has 1 heterocycles. The van der Waals surface area contributed by atoms with Crippen molar-refractivity contribution in [2.75, 3.05) is 0 Å². The number of aromatic nitrogens is 2. The number of nitro benzene ring substituents is 1. The highest BCUT2D eigenvalue weighted by Crippen LogP contribution is 2.16. The zero-order chi connectivity index (χ0) is 21.5. The molecule has 9 nitrogen and oxygen atoms in total. The highest BCUT2D eigenvalue weighted by Gasteiger charge is 2.16. The molecule has 9 heteroatoms. The summed E-state index contributed by atoms with van der Waals surface area (Å²) in [4.78, 5) is 36.0. The van der Waals surface area contributed by atoms with Crippen LogP contribution in [0, 0.1) is 10.1 Å². The Morgan fingerprint density at radius 3 is 2.60 bits per heavy atom. The number of nitro groups is 1. The number of hydrogen-bond acceptors (Lipinski definition) is 6. The third kappa shape index (κ3) is 4.57. The first-order valence-corrected chi connectivity index (χ1v) is 9.59. The molecule has 2 aromatic carbocycles. The van der Waals surface area contributed by atoms with Crippen LogP contribution in [0.4, 0.5) is 5.69 Å².